The first kappa shape index (κ1) is 19.0. The molecule has 25 heavy (non-hydrogen) atoms. The fourth-order valence-electron chi connectivity index (χ4n) is 2.62. The summed E-state index contributed by atoms with van der Waals surface area (Å²) in [5.74, 6) is -0.701. The van der Waals surface area contributed by atoms with E-state index in [2.05, 4.69) is 21.2 Å². The van der Waals surface area contributed by atoms with Gasteiger partial charge in [-0.2, -0.15) is 5.26 Å². The van der Waals surface area contributed by atoms with Crippen LogP contribution >= 0.6 is 15.9 Å². The maximum Gasteiger partial charge on any atom is 0.309 e. The zero-order valence-corrected chi connectivity index (χ0v) is 15.6. The highest BCUT2D eigenvalue weighted by Gasteiger charge is 2.29. The summed E-state index contributed by atoms with van der Waals surface area (Å²) < 4.78 is 5.92. The van der Waals surface area contributed by atoms with E-state index in [-0.39, 0.29) is 23.4 Å². The largest absolute Gasteiger partial charge is 0.466 e. The van der Waals surface area contributed by atoms with Gasteiger partial charge in [-0.25, -0.2) is 0 Å². The van der Waals surface area contributed by atoms with Crippen molar-refractivity contribution in [1.82, 2.24) is 4.90 Å². The minimum atomic E-state index is -0.327. The monoisotopic (exact) mass is 405 g/mol. The van der Waals surface area contributed by atoms with Crippen molar-refractivity contribution in [3.8, 4) is 6.07 Å². The number of hydrogen-bond donors (Lipinski definition) is 1. The van der Waals surface area contributed by atoms with Crippen LogP contribution in [0.5, 0.6) is 0 Å². The molecule has 7 heteroatoms. The molecule has 1 aromatic rings. The van der Waals surface area contributed by atoms with Gasteiger partial charge < -0.3 is 15.0 Å². The summed E-state index contributed by atoms with van der Waals surface area (Å²) in [5, 5.41) is 12.2. The normalized spacial score (nSPS) is 15.4. The number of hydrogen-bond acceptors (Lipinski definition) is 5. The number of rotatable bonds is 5. The number of halogens is 1. The first-order valence-electron chi connectivity index (χ1n) is 8.13. The maximum atomic E-state index is 12.5. The van der Waals surface area contributed by atoms with E-state index < -0.39 is 0 Å². The molecule has 1 amide bonds. The Bertz CT molecular complexity index is 704. The summed E-state index contributed by atoms with van der Waals surface area (Å²) in [6.07, 6.45) is 2.53. The molecule has 1 saturated heterocycles. The number of nitriles is 1. The van der Waals surface area contributed by atoms with Crippen LogP contribution in [0, 0.1) is 17.2 Å². The minimum absolute atomic E-state index is 0.0366. The number of benzene rings is 1. The number of piperidine rings is 1. The third-order valence-electron chi connectivity index (χ3n) is 3.96. The predicted molar refractivity (Wildman–Crippen MR) is 97.4 cm³/mol. The van der Waals surface area contributed by atoms with Crippen LogP contribution < -0.4 is 5.32 Å². The number of nitrogens with one attached hydrogen (secondary N) is 1. The number of nitrogens with zero attached hydrogens (tertiary/aromatic N) is 2. The van der Waals surface area contributed by atoms with E-state index in [1.165, 1.54) is 6.20 Å². The molecule has 2 rings (SSSR count). The summed E-state index contributed by atoms with van der Waals surface area (Å²) in [5.41, 5.74) is 0.811. The molecule has 0 radical (unpaired) electrons. The Kier molecular flexibility index (Phi) is 7.02. The summed E-state index contributed by atoms with van der Waals surface area (Å²) >= 11 is 3.37. The molecule has 1 heterocycles. The van der Waals surface area contributed by atoms with Gasteiger partial charge in [0.15, 0.2) is 0 Å². The first-order valence-corrected chi connectivity index (χ1v) is 8.92. The van der Waals surface area contributed by atoms with Crippen LogP contribution in [-0.4, -0.2) is 36.5 Å². The van der Waals surface area contributed by atoms with Crippen molar-refractivity contribution in [3.63, 3.8) is 0 Å². The zero-order chi connectivity index (χ0) is 18.2. The molecular weight excluding hydrogens is 386 g/mol. The number of carbonyl (C=O) groups excluding carboxylic acids is 2. The summed E-state index contributed by atoms with van der Waals surface area (Å²) in [6.45, 7) is 3.02. The number of anilines is 1. The molecular formula is C18H20BrN3O3. The molecule has 1 fully saturated rings. The van der Waals surface area contributed by atoms with Gasteiger partial charge >= 0.3 is 5.97 Å². The topological polar surface area (TPSA) is 82.4 Å². The third-order valence-corrected chi connectivity index (χ3v) is 4.45. The van der Waals surface area contributed by atoms with Gasteiger partial charge in [0.1, 0.15) is 11.6 Å². The lowest BCUT2D eigenvalue weighted by atomic mass is 9.96. The molecule has 1 aliphatic rings. The van der Waals surface area contributed by atoms with Crippen LogP contribution in [0.3, 0.4) is 0 Å². The third kappa shape index (κ3) is 5.33. The van der Waals surface area contributed by atoms with Crippen molar-refractivity contribution in [3.05, 3.63) is 40.5 Å². The standard InChI is InChI=1S/C18H20BrN3O3/c1-2-25-18(24)13-6-8-22(9-7-13)17(23)14(11-20)12-21-16-5-3-4-15(19)10-16/h3-5,10,12-13,21H,2,6-9H2,1H3/b14-12-. The Hall–Kier alpha value is -2.33. The van der Waals surface area contributed by atoms with E-state index in [1.54, 1.807) is 11.8 Å². The van der Waals surface area contributed by atoms with Gasteiger partial charge in [0.2, 0.25) is 0 Å². The van der Waals surface area contributed by atoms with E-state index in [9.17, 15) is 14.9 Å². The molecule has 0 saturated carbocycles. The molecule has 6 nitrogen and oxygen atoms in total. The number of likely N-dealkylation sites (tertiary alicyclic amines) is 1. The Morgan fingerprint density at radius 1 is 1.44 bits per heavy atom. The van der Waals surface area contributed by atoms with Gasteiger partial charge in [-0.1, -0.05) is 22.0 Å². The Labute approximate surface area is 155 Å². The Balaban J connectivity index is 1.95. The van der Waals surface area contributed by atoms with Crippen LogP contribution in [0.2, 0.25) is 0 Å². The fourth-order valence-corrected chi connectivity index (χ4v) is 3.02. The van der Waals surface area contributed by atoms with Crippen molar-refractivity contribution < 1.29 is 14.3 Å². The van der Waals surface area contributed by atoms with E-state index in [0.29, 0.717) is 32.5 Å². The Morgan fingerprint density at radius 2 is 2.16 bits per heavy atom. The van der Waals surface area contributed by atoms with E-state index in [1.807, 2.05) is 30.3 Å². The molecule has 1 N–H and O–H groups in total. The smallest absolute Gasteiger partial charge is 0.309 e. The molecule has 0 atom stereocenters. The van der Waals surface area contributed by atoms with Crippen LogP contribution in [0.1, 0.15) is 19.8 Å². The maximum absolute atomic E-state index is 12.5. The lowest BCUT2D eigenvalue weighted by Gasteiger charge is -2.30. The van der Waals surface area contributed by atoms with Gasteiger partial charge in [0.25, 0.3) is 5.91 Å². The van der Waals surface area contributed by atoms with Crippen LogP contribution in [0.15, 0.2) is 40.5 Å². The average molecular weight is 406 g/mol. The lowest BCUT2D eigenvalue weighted by molar-refractivity contribution is -0.150. The first-order chi connectivity index (χ1) is 12.0. The predicted octanol–water partition coefficient (Wildman–Crippen LogP) is 3.07. The van der Waals surface area contributed by atoms with E-state index in [0.717, 1.165) is 10.2 Å². The second-order valence-electron chi connectivity index (χ2n) is 5.64. The molecule has 0 aliphatic carbocycles. The van der Waals surface area contributed by atoms with Crippen molar-refractivity contribution in [1.29, 1.82) is 5.26 Å². The van der Waals surface area contributed by atoms with Crippen LogP contribution in [0.4, 0.5) is 5.69 Å². The van der Waals surface area contributed by atoms with E-state index >= 15 is 0 Å². The quantitative estimate of drug-likeness (QED) is 0.462. The molecule has 0 aromatic heterocycles. The van der Waals surface area contributed by atoms with Gasteiger partial charge in [-0.05, 0) is 38.0 Å². The van der Waals surface area contributed by atoms with Crippen molar-refractivity contribution >= 4 is 33.5 Å². The zero-order valence-electron chi connectivity index (χ0n) is 14.0. The van der Waals surface area contributed by atoms with Gasteiger partial charge in [-0.3, -0.25) is 9.59 Å². The lowest BCUT2D eigenvalue weighted by Crippen LogP contribution is -2.41. The molecule has 132 valence electrons. The van der Waals surface area contributed by atoms with Crippen LogP contribution in [0.25, 0.3) is 0 Å². The summed E-state index contributed by atoms with van der Waals surface area (Å²) in [4.78, 5) is 25.8. The van der Waals surface area contributed by atoms with Gasteiger partial charge in [0, 0.05) is 29.4 Å². The number of amides is 1. The van der Waals surface area contributed by atoms with Gasteiger partial charge in [0.05, 0.1) is 12.5 Å². The van der Waals surface area contributed by atoms with Crippen molar-refractivity contribution in [2.24, 2.45) is 5.92 Å². The second-order valence-corrected chi connectivity index (χ2v) is 6.56. The highest BCUT2D eigenvalue weighted by atomic mass is 79.9. The fraction of sp³-hybridized carbons (Fsp3) is 0.389. The highest BCUT2D eigenvalue weighted by molar-refractivity contribution is 9.10. The average Bonchev–Trinajstić information content (AvgIpc) is 2.62. The molecule has 0 bridgehead atoms. The van der Waals surface area contributed by atoms with Crippen molar-refractivity contribution in [2.75, 3.05) is 25.0 Å². The number of ether oxygens (including phenoxy) is 1. The van der Waals surface area contributed by atoms with Crippen LogP contribution in [-0.2, 0) is 14.3 Å². The minimum Gasteiger partial charge on any atom is -0.466 e. The number of esters is 1. The van der Waals surface area contributed by atoms with Crippen molar-refractivity contribution in [2.45, 2.75) is 19.8 Å². The van der Waals surface area contributed by atoms with E-state index in [4.69, 9.17) is 4.74 Å². The molecule has 0 unspecified atom stereocenters. The Morgan fingerprint density at radius 3 is 2.76 bits per heavy atom. The molecule has 0 spiro atoms. The number of carbonyl (C=O) groups is 2. The summed E-state index contributed by atoms with van der Waals surface area (Å²) in [6, 6.07) is 9.37. The SMILES string of the molecule is CCOC(=O)C1CCN(C(=O)/C(C#N)=C\Nc2cccc(Br)c2)CC1. The highest BCUT2D eigenvalue weighted by Crippen LogP contribution is 2.20. The summed E-state index contributed by atoms with van der Waals surface area (Å²) in [7, 11) is 0. The van der Waals surface area contributed by atoms with Gasteiger partial charge in [-0.15, -0.1) is 0 Å². The molecule has 1 aromatic carbocycles. The molecule has 1 aliphatic heterocycles. The second kappa shape index (κ2) is 9.23.